The van der Waals surface area contributed by atoms with E-state index in [0.29, 0.717) is 5.56 Å². The van der Waals surface area contributed by atoms with Crippen LogP contribution in [0.2, 0.25) is 0 Å². The molecule has 0 radical (unpaired) electrons. The molecule has 18 heavy (non-hydrogen) atoms. The first-order chi connectivity index (χ1) is 8.72. The third kappa shape index (κ3) is 2.88. The number of rotatable bonds is 4. The number of aryl methyl sites for hydroxylation is 1. The average molecular weight is 257 g/mol. The Labute approximate surface area is 111 Å². The zero-order chi connectivity index (χ0) is 13.0. The fourth-order valence-electron chi connectivity index (χ4n) is 1.71. The van der Waals surface area contributed by atoms with E-state index in [9.17, 15) is 0 Å². The molecule has 3 nitrogen and oxygen atoms in total. The molecule has 0 saturated heterocycles. The van der Waals surface area contributed by atoms with E-state index in [1.807, 2.05) is 31.3 Å². The minimum Gasteiger partial charge on any atom is -0.347 e. The summed E-state index contributed by atoms with van der Waals surface area (Å²) in [6, 6.07) is 9.86. The molecule has 1 heterocycles. The van der Waals surface area contributed by atoms with Gasteiger partial charge in [0.2, 0.25) is 0 Å². The number of nitriles is 1. The number of benzene rings is 1. The Kier molecular flexibility index (Phi) is 3.96. The maximum absolute atomic E-state index is 8.87. The van der Waals surface area contributed by atoms with Crippen LogP contribution in [0, 0.1) is 11.3 Å². The fourth-order valence-corrected chi connectivity index (χ4v) is 2.59. The normalized spacial score (nSPS) is 10.1. The summed E-state index contributed by atoms with van der Waals surface area (Å²) >= 11 is 1.66. The van der Waals surface area contributed by atoms with Crippen molar-refractivity contribution in [1.82, 2.24) is 4.98 Å². The summed E-state index contributed by atoms with van der Waals surface area (Å²) < 4.78 is 0. The monoisotopic (exact) mass is 257 g/mol. The zero-order valence-electron chi connectivity index (χ0n) is 10.6. The molecule has 0 bridgehead atoms. The molecule has 0 spiro atoms. The molecule has 0 fully saturated rings. The van der Waals surface area contributed by atoms with Crippen molar-refractivity contribution < 1.29 is 0 Å². The van der Waals surface area contributed by atoms with E-state index in [-0.39, 0.29) is 0 Å². The van der Waals surface area contributed by atoms with Crippen molar-refractivity contribution in [3.63, 3.8) is 0 Å². The quantitative estimate of drug-likeness (QED) is 0.844. The number of anilines is 1. The molecule has 0 atom stereocenters. The van der Waals surface area contributed by atoms with Crippen molar-refractivity contribution >= 4 is 16.5 Å². The molecular weight excluding hydrogens is 242 g/mol. The molecule has 0 saturated carbocycles. The van der Waals surface area contributed by atoms with E-state index in [1.165, 1.54) is 0 Å². The highest BCUT2D eigenvalue weighted by Gasteiger charge is 2.07. The van der Waals surface area contributed by atoms with Crippen LogP contribution in [0.15, 0.2) is 29.6 Å². The molecule has 0 aliphatic heterocycles. The van der Waals surface area contributed by atoms with Gasteiger partial charge in [-0.3, -0.25) is 0 Å². The first-order valence-corrected chi connectivity index (χ1v) is 6.75. The van der Waals surface area contributed by atoms with Crippen molar-refractivity contribution in [3.05, 3.63) is 46.5 Å². The van der Waals surface area contributed by atoms with Crippen molar-refractivity contribution in [2.45, 2.75) is 19.9 Å². The Morgan fingerprint density at radius 3 is 2.94 bits per heavy atom. The summed E-state index contributed by atoms with van der Waals surface area (Å²) in [6.07, 6.45) is 0.967. The Morgan fingerprint density at radius 1 is 1.44 bits per heavy atom. The van der Waals surface area contributed by atoms with Gasteiger partial charge in [0.05, 0.1) is 17.3 Å². The predicted octanol–water partition coefficient (Wildman–Crippen LogP) is 3.21. The van der Waals surface area contributed by atoms with Gasteiger partial charge in [0.1, 0.15) is 0 Å². The van der Waals surface area contributed by atoms with Gasteiger partial charge in [0.15, 0.2) is 5.13 Å². The highest BCUT2D eigenvalue weighted by atomic mass is 32.1. The summed E-state index contributed by atoms with van der Waals surface area (Å²) in [4.78, 5) is 6.66. The Hall–Kier alpha value is -1.86. The number of nitrogens with zero attached hydrogens (tertiary/aromatic N) is 3. The van der Waals surface area contributed by atoms with Crippen LogP contribution in [0.5, 0.6) is 0 Å². The molecule has 2 rings (SSSR count). The summed E-state index contributed by atoms with van der Waals surface area (Å²) in [7, 11) is 2.03. The number of hydrogen-bond donors (Lipinski definition) is 0. The van der Waals surface area contributed by atoms with Crippen LogP contribution in [-0.4, -0.2) is 12.0 Å². The van der Waals surface area contributed by atoms with Crippen molar-refractivity contribution in [2.75, 3.05) is 11.9 Å². The Morgan fingerprint density at radius 2 is 2.28 bits per heavy atom. The van der Waals surface area contributed by atoms with Crippen LogP contribution in [0.3, 0.4) is 0 Å². The SMILES string of the molecule is CCc1csc(N(C)Cc2cccc(C#N)c2)n1. The van der Waals surface area contributed by atoms with Gasteiger partial charge in [0.25, 0.3) is 0 Å². The third-order valence-electron chi connectivity index (χ3n) is 2.70. The van der Waals surface area contributed by atoms with E-state index in [0.717, 1.165) is 29.4 Å². The van der Waals surface area contributed by atoms with Gasteiger partial charge < -0.3 is 4.90 Å². The van der Waals surface area contributed by atoms with Gasteiger partial charge in [-0.25, -0.2) is 4.98 Å². The van der Waals surface area contributed by atoms with E-state index in [4.69, 9.17) is 5.26 Å². The Balaban J connectivity index is 2.11. The van der Waals surface area contributed by atoms with Crippen molar-refractivity contribution in [3.8, 4) is 6.07 Å². The van der Waals surface area contributed by atoms with E-state index in [1.54, 1.807) is 11.3 Å². The lowest BCUT2D eigenvalue weighted by Gasteiger charge is -2.15. The molecule has 1 aromatic carbocycles. The summed E-state index contributed by atoms with van der Waals surface area (Å²) in [6.45, 7) is 2.88. The predicted molar refractivity (Wildman–Crippen MR) is 74.8 cm³/mol. The molecule has 0 amide bonds. The van der Waals surface area contributed by atoms with Crippen LogP contribution in [-0.2, 0) is 13.0 Å². The number of thiazole rings is 1. The van der Waals surface area contributed by atoms with E-state index in [2.05, 4.69) is 28.3 Å². The van der Waals surface area contributed by atoms with Gasteiger partial charge >= 0.3 is 0 Å². The first kappa shape index (κ1) is 12.6. The fraction of sp³-hybridized carbons (Fsp3) is 0.286. The summed E-state index contributed by atoms with van der Waals surface area (Å²) in [5.74, 6) is 0. The minimum absolute atomic E-state index is 0.703. The van der Waals surface area contributed by atoms with Crippen LogP contribution in [0.1, 0.15) is 23.7 Å². The lowest BCUT2D eigenvalue weighted by molar-refractivity contribution is 0.904. The second kappa shape index (κ2) is 5.65. The van der Waals surface area contributed by atoms with Crippen LogP contribution in [0.4, 0.5) is 5.13 Å². The van der Waals surface area contributed by atoms with Gasteiger partial charge in [-0.05, 0) is 24.1 Å². The van der Waals surface area contributed by atoms with E-state index >= 15 is 0 Å². The molecule has 92 valence electrons. The topological polar surface area (TPSA) is 39.9 Å². The highest BCUT2D eigenvalue weighted by Crippen LogP contribution is 2.21. The molecule has 0 aliphatic rings. The number of hydrogen-bond acceptors (Lipinski definition) is 4. The van der Waals surface area contributed by atoms with Crippen LogP contribution >= 0.6 is 11.3 Å². The van der Waals surface area contributed by atoms with Gasteiger partial charge in [0, 0.05) is 19.0 Å². The van der Waals surface area contributed by atoms with Crippen LogP contribution < -0.4 is 4.90 Å². The maximum Gasteiger partial charge on any atom is 0.185 e. The van der Waals surface area contributed by atoms with Gasteiger partial charge in [-0.1, -0.05) is 19.1 Å². The summed E-state index contributed by atoms with van der Waals surface area (Å²) in [5, 5.41) is 12.0. The zero-order valence-corrected chi connectivity index (χ0v) is 11.4. The standard InChI is InChI=1S/C14H15N3S/c1-3-13-10-18-14(16-13)17(2)9-12-6-4-5-11(7-12)8-15/h4-7,10H,3,9H2,1-2H3. The molecule has 4 heteroatoms. The molecular formula is C14H15N3S. The molecule has 1 aromatic heterocycles. The second-order valence-electron chi connectivity index (χ2n) is 4.14. The minimum atomic E-state index is 0.703. The van der Waals surface area contributed by atoms with Crippen molar-refractivity contribution in [1.29, 1.82) is 5.26 Å². The average Bonchev–Trinajstić information content (AvgIpc) is 2.88. The highest BCUT2D eigenvalue weighted by molar-refractivity contribution is 7.13. The number of aromatic nitrogens is 1. The third-order valence-corrected chi connectivity index (χ3v) is 3.71. The lowest BCUT2D eigenvalue weighted by Crippen LogP contribution is -2.16. The molecule has 0 unspecified atom stereocenters. The lowest BCUT2D eigenvalue weighted by atomic mass is 10.1. The maximum atomic E-state index is 8.87. The van der Waals surface area contributed by atoms with Crippen LogP contribution in [0.25, 0.3) is 0 Å². The van der Waals surface area contributed by atoms with Crippen molar-refractivity contribution in [2.24, 2.45) is 0 Å². The second-order valence-corrected chi connectivity index (χ2v) is 4.98. The molecule has 0 N–H and O–H groups in total. The molecule has 2 aromatic rings. The van der Waals surface area contributed by atoms with E-state index < -0.39 is 0 Å². The summed E-state index contributed by atoms with van der Waals surface area (Å²) in [5.41, 5.74) is 2.96. The van der Waals surface area contributed by atoms with Gasteiger partial charge in [-0.15, -0.1) is 11.3 Å². The Bertz CT molecular complexity index is 568. The largest absolute Gasteiger partial charge is 0.347 e. The first-order valence-electron chi connectivity index (χ1n) is 5.87. The van der Waals surface area contributed by atoms with Gasteiger partial charge in [-0.2, -0.15) is 5.26 Å². The molecule has 0 aliphatic carbocycles. The smallest absolute Gasteiger partial charge is 0.185 e.